The van der Waals surface area contributed by atoms with Crippen LogP contribution in [0, 0.1) is 0 Å². The Labute approximate surface area is 97.5 Å². The highest BCUT2D eigenvalue weighted by molar-refractivity contribution is 8.02. The molecule has 0 N–H and O–H groups in total. The molecule has 0 aliphatic carbocycles. The Morgan fingerprint density at radius 2 is 1.33 bits per heavy atom. The van der Waals surface area contributed by atoms with Gasteiger partial charge in [0.1, 0.15) is 0 Å². The molecule has 0 rings (SSSR count). The summed E-state index contributed by atoms with van der Waals surface area (Å²) in [4.78, 5) is 1.01. The zero-order valence-electron chi connectivity index (χ0n) is 9.55. The number of hydrogen-bond donors (Lipinski definition) is 0. The average molecular weight is 218 g/mol. The third-order valence-corrected chi connectivity index (χ3v) is 2.37. The van der Waals surface area contributed by atoms with Crippen molar-refractivity contribution in [2.75, 3.05) is 6.26 Å². The second-order valence-electron chi connectivity index (χ2n) is 3.23. The molecule has 1 heteroatoms. The Morgan fingerprint density at radius 3 is 1.73 bits per heavy atom. The van der Waals surface area contributed by atoms with E-state index in [1.165, 1.54) is 0 Å². The van der Waals surface area contributed by atoms with Crippen molar-refractivity contribution in [3.05, 3.63) is 72.2 Å². The van der Waals surface area contributed by atoms with Gasteiger partial charge in [-0.05, 0) is 35.3 Å². The Hall–Kier alpha value is -1.21. The SMILES string of the molecule is C=C(C)/C=C\C(=C)C(=C)/C=C\C(=C)SC. The molecule has 0 nitrogen and oxygen atoms in total. The monoisotopic (exact) mass is 218 g/mol. The maximum atomic E-state index is 3.92. The Morgan fingerprint density at radius 1 is 0.867 bits per heavy atom. The molecule has 0 aromatic heterocycles. The van der Waals surface area contributed by atoms with E-state index in [4.69, 9.17) is 0 Å². The first-order chi connectivity index (χ1) is 6.97. The molecule has 0 radical (unpaired) electrons. The van der Waals surface area contributed by atoms with Crippen LogP contribution in [0.1, 0.15) is 6.92 Å². The van der Waals surface area contributed by atoms with Crippen molar-refractivity contribution >= 4 is 11.8 Å². The van der Waals surface area contributed by atoms with Gasteiger partial charge in [0.2, 0.25) is 0 Å². The van der Waals surface area contributed by atoms with Crippen molar-refractivity contribution in [1.82, 2.24) is 0 Å². The number of thioether (sulfide) groups is 1. The summed E-state index contributed by atoms with van der Waals surface area (Å²) < 4.78 is 0. The van der Waals surface area contributed by atoms with Crippen molar-refractivity contribution in [3.63, 3.8) is 0 Å². The van der Waals surface area contributed by atoms with Gasteiger partial charge in [0.15, 0.2) is 0 Å². The van der Waals surface area contributed by atoms with Crippen LogP contribution in [0.5, 0.6) is 0 Å². The largest absolute Gasteiger partial charge is 0.130 e. The van der Waals surface area contributed by atoms with Crippen LogP contribution in [-0.2, 0) is 0 Å². The molecule has 0 amide bonds. The number of hydrogen-bond acceptors (Lipinski definition) is 1. The van der Waals surface area contributed by atoms with Gasteiger partial charge in [-0.3, -0.25) is 0 Å². The Balaban J connectivity index is 4.35. The lowest BCUT2D eigenvalue weighted by atomic mass is 10.1. The average Bonchev–Trinajstić information content (AvgIpc) is 2.21. The minimum absolute atomic E-state index is 0.891. The van der Waals surface area contributed by atoms with Gasteiger partial charge in [-0.2, -0.15) is 0 Å². The minimum atomic E-state index is 0.891. The predicted octanol–water partition coefficient (Wildman–Crippen LogP) is 4.66. The first kappa shape index (κ1) is 13.8. The van der Waals surface area contributed by atoms with E-state index in [9.17, 15) is 0 Å². The third kappa shape index (κ3) is 6.81. The van der Waals surface area contributed by atoms with E-state index >= 15 is 0 Å². The topological polar surface area (TPSA) is 0 Å². The van der Waals surface area contributed by atoms with E-state index in [1.54, 1.807) is 11.8 Å². The van der Waals surface area contributed by atoms with Crippen molar-refractivity contribution in [1.29, 1.82) is 0 Å². The summed E-state index contributed by atoms with van der Waals surface area (Å²) >= 11 is 1.61. The van der Waals surface area contributed by atoms with Crippen LogP contribution in [0.15, 0.2) is 72.2 Å². The van der Waals surface area contributed by atoms with Crippen LogP contribution in [0.3, 0.4) is 0 Å². The second kappa shape index (κ2) is 7.13. The maximum absolute atomic E-state index is 3.92. The zero-order chi connectivity index (χ0) is 11.8. The maximum Gasteiger partial charge on any atom is -0.000264 e. The number of allylic oxidation sites excluding steroid dienone is 7. The number of rotatable bonds is 6. The first-order valence-corrected chi connectivity index (χ1v) is 5.82. The standard InChI is InChI=1S/C14H18S/c1-11(2)7-8-12(3)13(4)9-10-14(5)15-6/h7-10H,1,3-5H2,2,6H3/b8-7-,10-9-. The zero-order valence-corrected chi connectivity index (χ0v) is 10.4. The van der Waals surface area contributed by atoms with Crippen LogP contribution < -0.4 is 0 Å². The summed E-state index contributed by atoms with van der Waals surface area (Å²) in [6.07, 6.45) is 9.68. The van der Waals surface area contributed by atoms with Crippen LogP contribution in [-0.4, -0.2) is 6.26 Å². The molecule has 0 heterocycles. The molecule has 0 unspecified atom stereocenters. The molecule has 0 saturated heterocycles. The van der Waals surface area contributed by atoms with E-state index in [0.29, 0.717) is 0 Å². The predicted molar refractivity (Wildman–Crippen MR) is 74.0 cm³/mol. The second-order valence-corrected chi connectivity index (χ2v) is 4.17. The van der Waals surface area contributed by atoms with Gasteiger partial charge in [-0.1, -0.05) is 50.1 Å². The van der Waals surface area contributed by atoms with Crippen LogP contribution in [0.25, 0.3) is 0 Å². The summed E-state index contributed by atoms with van der Waals surface area (Å²) in [5.41, 5.74) is 2.78. The molecule has 0 aliphatic heterocycles. The van der Waals surface area contributed by atoms with E-state index in [0.717, 1.165) is 21.6 Å². The Bertz CT molecular complexity index is 340. The highest BCUT2D eigenvalue weighted by Gasteiger charge is 1.91. The lowest BCUT2D eigenvalue weighted by molar-refractivity contribution is 1.52. The molecule has 0 atom stereocenters. The van der Waals surface area contributed by atoms with E-state index in [1.807, 2.05) is 37.5 Å². The van der Waals surface area contributed by atoms with Gasteiger partial charge in [-0.15, -0.1) is 11.8 Å². The normalized spacial score (nSPS) is 10.8. The van der Waals surface area contributed by atoms with Gasteiger partial charge in [-0.25, -0.2) is 0 Å². The summed E-state index contributed by atoms with van der Waals surface area (Å²) in [5, 5.41) is 0. The highest BCUT2D eigenvalue weighted by Crippen LogP contribution is 2.14. The molecule has 15 heavy (non-hydrogen) atoms. The molecule has 0 saturated carbocycles. The molecule has 0 spiro atoms. The fourth-order valence-corrected chi connectivity index (χ4v) is 0.923. The Kier molecular flexibility index (Phi) is 6.56. The summed E-state index contributed by atoms with van der Waals surface area (Å²) in [5.74, 6) is 0. The lowest BCUT2D eigenvalue weighted by Gasteiger charge is -1.99. The molecular weight excluding hydrogens is 200 g/mol. The van der Waals surface area contributed by atoms with E-state index < -0.39 is 0 Å². The van der Waals surface area contributed by atoms with Crippen LogP contribution >= 0.6 is 11.8 Å². The van der Waals surface area contributed by atoms with Gasteiger partial charge in [0, 0.05) is 0 Å². The van der Waals surface area contributed by atoms with Crippen molar-refractivity contribution < 1.29 is 0 Å². The van der Waals surface area contributed by atoms with Gasteiger partial charge in [0.05, 0.1) is 0 Å². The summed E-state index contributed by atoms with van der Waals surface area (Å²) in [7, 11) is 0. The fourth-order valence-electron chi connectivity index (χ4n) is 0.719. The molecule has 0 aromatic carbocycles. The molecule has 80 valence electrons. The van der Waals surface area contributed by atoms with Crippen LogP contribution in [0.2, 0.25) is 0 Å². The van der Waals surface area contributed by atoms with Gasteiger partial charge in [0.25, 0.3) is 0 Å². The van der Waals surface area contributed by atoms with Crippen LogP contribution in [0.4, 0.5) is 0 Å². The smallest absolute Gasteiger partial charge is 0.000264 e. The minimum Gasteiger partial charge on any atom is -0.130 e. The quantitative estimate of drug-likeness (QED) is 0.584. The fraction of sp³-hybridized carbons (Fsp3) is 0.143. The summed E-state index contributed by atoms with van der Waals surface area (Å²) in [6, 6.07) is 0. The van der Waals surface area contributed by atoms with Crippen molar-refractivity contribution in [2.24, 2.45) is 0 Å². The molecular formula is C14H18S. The lowest BCUT2D eigenvalue weighted by Crippen LogP contribution is -1.78. The first-order valence-electron chi connectivity index (χ1n) is 4.60. The summed E-state index contributed by atoms with van der Waals surface area (Å²) in [6.45, 7) is 17.4. The molecule has 0 aromatic rings. The van der Waals surface area contributed by atoms with E-state index in [-0.39, 0.29) is 0 Å². The molecule has 0 bridgehead atoms. The molecule has 0 fully saturated rings. The van der Waals surface area contributed by atoms with E-state index in [2.05, 4.69) is 26.3 Å². The van der Waals surface area contributed by atoms with Crippen molar-refractivity contribution in [3.8, 4) is 0 Å². The third-order valence-electron chi connectivity index (χ3n) is 1.71. The van der Waals surface area contributed by atoms with Crippen molar-refractivity contribution in [2.45, 2.75) is 6.92 Å². The van der Waals surface area contributed by atoms with Gasteiger partial charge < -0.3 is 0 Å². The van der Waals surface area contributed by atoms with Gasteiger partial charge >= 0.3 is 0 Å². The highest BCUT2D eigenvalue weighted by atomic mass is 32.2. The molecule has 0 aliphatic rings.